The molecule has 0 unspecified atom stereocenters. The van der Waals surface area contributed by atoms with Crippen molar-refractivity contribution < 1.29 is 9.59 Å². The second kappa shape index (κ2) is 7.78. The summed E-state index contributed by atoms with van der Waals surface area (Å²) in [5.41, 5.74) is 1.74. The van der Waals surface area contributed by atoms with Gasteiger partial charge in [-0.05, 0) is 24.6 Å². The lowest BCUT2D eigenvalue weighted by molar-refractivity contribution is -0.140. The van der Waals surface area contributed by atoms with Crippen molar-refractivity contribution in [3.05, 3.63) is 53.0 Å². The molecule has 4 rings (SSSR count). The van der Waals surface area contributed by atoms with Crippen molar-refractivity contribution in [2.24, 2.45) is 0 Å². The Bertz CT molecular complexity index is 1020. The molecule has 0 spiro atoms. The van der Waals surface area contributed by atoms with E-state index in [0.29, 0.717) is 18.8 Å². The Morgan fingerprint density at radius 1 is 1.11 bits per heavy atom. The van der Waals surface area contributed by atoms with Crippen LogP contribution in [-0.2, 0) is 9.59 Å². The first-order valence-electron chi connectivity index (χ1n) is 8.60. The van der Waals surface area contributed by atoms with E-state index in [1.54, 1.807) is 0 Å². The van der Waals surface area contributed by atoms with Gasteiger partial charge in [-0.2, -0.15) is 0 Å². The number of fused-ring (bicyclic) bond motifs is 1. The monoisotopic (exact) mass is 441 g/mol. The normalized spacial score (nSPS) is 14.1. The average Bonchev–Trinajstić information content (AvgIpc) is 3.12. The number of amides is 2. The minimum absolute atomic E-state index is 0.0799. The Balaban J connectivity index is 1.65. The number of likely N-dealkylation sites (tertiary alicyclic amines) is 1. The van der Waals surface area contributed by atoms with Crippen LogP contribution in [0, 0.1) is 0 Å². The molecule has 2 amide bonds. The molecule has 0 saturated carbocycles. The summed E-state index contributed by atoms with van der Waals surface area (Å²) < 4.78 is 0.988. The topological polar surface area (TPSA) is 63.2 Å². The van der Waals surface area contributed by atoms with E-state index in [9.17, 15) is 9.59 Å². The summed E-state index contributed by atoms with van der Waals surface area (Å²) in [4.78, 5) is 34.9. The van der Waals surface area contributed by atoms with Crippen LogP contribution in [0.25, 0.3) is 22.3 Å². The van der Waals surface area contributed by atoms with Gasteiger partial charge in [-0.3, -0.25) is 14.5 Å². The van der Waals surface area contributed by atoms with Crippen molar-refractivity contribution in [2.75, 3.05) is 12.3 Å². The zero-order chi connectivity index (χ0) is 18.8. The van der Waals surface area contributed by atoms with Gasteiger partial charge in [0.05, 0.1) is 11.3 Å². The highest BCUT2D eigenvalue weighted by molar-refractivity contribution is 9.10. The molecule has 0 atom stereocenters. The third-order valence-electron chi connectivity index (χ3n) is 4.38. The first kappa shape index (κ1) is 18.1. The molecular formula is C20H16BrN3O2S. The van der Waals surface area contributed by atoms with E-state index < -0.39 is 0 Å². The van der Waals surface area contributed by atoms with Gasteiger partial charge < -0.3 is 0 Å². The number of thioether (sulfide) groups is 1. The van der Waals surface area contributed by atoms with Crippen LogP contribution in [0.5, 0.6) is 0 Å². The molecule has 0 aliphatic carbocycles. The smallest absolute Gasteiger partial charge is 0.239 e. The summed E-state index contributed by atoms with van der Waals surface area (Å²) in [6.45, 7) is 0.521. The van der Waals surface area contributed by atoms with Crippen LogP contribution in [0.2, 0.25) is 0 Å². The van der Waals surface area contributed by atoms with Crippen LogP contribution in [0.4, 0.5) is 0 Å². The molecule has 136 valence electrons. The molecule has 1 aromatic heterocycles. The van der Waals surface area contributed by atoms with Crippen LogP contribution in [0.15, 0.2) is 58.0 Å². The summed E-state index contributed by atoms with van der Waals surface area (Å²) in [5.74, 6) is 0.569. The number of benzene rings is 2. The van der Waals surface area contributed by atoms with Crippen LogP contribution in [-0.4, -0.2) is 39.0 Å². The van der Waals surface area contributed by atoms with E-state index in [1.807, 2.05) is 48.5 Å². The summed E-state index contributed by atoms with van der Waals surface area (Å²) in [6.07, 6.45) is 1.21. The van der Waals surface area contributed by atoms with Gasteiger partial charge >= 0.3 is 0 Å². The molecule has 1 fully saturated rings. The lowest BCUT2D eigenvalue weighted by atomic mass is 10.2. The van der Waals surface area contributed by atoms with E-state index in [0.717, 1.165) is 32.4 Å². The second-order valence-electron chi connectivity index (χ2n) is 6.21. The van der Waals surface area contributed by atoms with Crippen molar-refractivity contribution in [1.29, 1.82) is 0 Å². The minimum Gasteiger partial charge on any atom is -0.282 e. The number of halogens is 1. The highest BCUT2D eigenvalue weighted by Crippen LogP contribution is 2.29. The Morgan fingerprint density at radius 2 is 1.89 bits per heavy atom. The number of carbonyl (C=O) groups excluding carboxylic acids is 2. The quantitative estimate of drug-likeness (QED) is 0.446. The SMILES string of the molecule is O=C1CCCN1C(=O)CSc1nc(-c2ccc(Br)cc2)nc2ccccc12. The maximum atomic E-state index is 12.4. The van der Waals surface area contributed by atoms with Crippen LogP contribution in [0.3, 0.4) is 0 Å². The fraction of sp³-hybridized carbons (Fsp3) is 0.200. The summed E-state index contributed by atoms with van der Waals surface area (Å²) in [6, 6.07) is 15.6. The van der Waals surface area contributed by atoms with Crippen LogP contribution < -0.4 is 0 Å². The van der Waals surface area contributed by atoms with Crippen molar-refractivity contribution in [1.82, 2.24) is 14.9 Å². The number of hydrogen-bond donors (Lipinski definition) is 0. The number of imide groups is 1. The van der Waals surface area contributed by atoms with Gasteiger partial charge in [-0.1, -0.05) is 58.0 Å². The van der Waals surface area contributed by atoms with Crippen molar-refractivity contribution in [3.8, 4) is 11.4 Å². The molecule has 0 bridgehead atoms. The molecule has 1 aliphatic rings. The fourth-order valence-electron chi connectivity index (χ4n) is 3.01. The number of hydrogen-bond acceptors (Lipinski definition) is 5. The molecular weight excluding hydrogens is 426 g/mol. The highest BCUT2D eigenvalue weighted by Gasteiger charge is 2.26. The average molecular weight is 442 g/mol. The van der Waals surface area contributed by atoms with Crippen LogP contribution in [0.1, 0.15) is 12.8 Å². The van der Waals surface area contributed by atoms with Crippen molar-refractivity contribution in [3.63, 3.8) is 0 Å². The maximum Gasteiger partial charge on any atom is 0.239 e. The van der Waals surface area contributed by atoms with Gasteiger partial charge in [0.1, 0.15) is 5.03 Å². The predicted molar refractivity (Wildman–Crippen MR) is 109 cm³/mol. The summed E-state index contributed by atoms with van der Waals surface area (Å²) in [5, 5.41) is 1.66. The Hall–Kier alpha value is -2.25. The standard InChI is InChI=1S/C20H16BrN3O2S/c21-14-9-7-13(8-10-14)19-22-16-5-2-1-4-15(16)20(23-19)27-12-18(26)24-11-3-6-17(24)25/h1-2,4-5,7-10H,3,6,11-12H2. The van der Waals surface area contributed by atoms with Crippen LogP contribution >= 0.6 is 27.7 Å². The van der Waals surface area contributed by atoms with Gasteiger partial charge in [0, 0.05) is 28.4 Å². The zero-order valence-electron chi connectivity index (χ0n) is 14.4. The predicted octanol–water partition coefficient (Wildman–Crippen LogP) is 4.30. The molecule has 1 saturated heterocycles. The third-order valence-corrected chi connectivity index (χ3v) is 5.88. The number of aromatic nitrogens is 2. The number of rotatable bonds is 4. The van der Waals surface area contributed by atoms with E-state index in [2.05, 4.69) is 20.9 Å². The maximum absolute atomic E-state index is 12.4. The first-order chi connectivity index (χ1) is 13.1. The molecule has 27 heavy (non-hydrogen) atoms. The Labute approximate surface area is 169 Å². The zero-order valence-corrected chi connectivity index (χ0v) is 16.8. The molecule has 0 N–H and O–H groups in total. The molecule has 5 nitrogen and oxygen atoms in total. The fourth-order valence-corrected chi connectivity index (χ4v) is 4.16. The lowest BCUT2D eigenvalue weighted by Gasteiger charge is -2.13. The largest absolute Gasteiger partial charge is 0.282 e. The van der Waals surface area contributed by atoms with Crippen molar-refractivity contribution in [2.45, 2.75) is 17.9 Å². The Morgan fingerprint density at radius 3 is 2.63 bits per heavy atom. The summed E-state index contributed by atoms with van der Waals surface area (Å²) >= 11 is 4.79. The minimum atomic E-state index is -0.157. The number of para-hydroxylation sites is 1. The van der Waals surface area contributed by atoms with E-state index in [4.69, 9.17) is 4.98 Å². The van der Waals surface area contributed by atoms with Crippen molar-refractivity contribution >= 4 is 50.4 Å². The number of nitrogens with zero attached hydrogens (tertiary/aromatic N) is 3. The van der Waals surface area contributed by atoms with Gasteiger partial charge in [0.2, 0.25) is 11.8 Å². The third kappa shape index (κ3) is 3.89. The van der Waals surface area contributed by atoms with Gasteiger partial charge in [0.15, 0.2) is 5.82 Å². The van der Waals surface area contributed by atoms with Gasteiger partial charge in [0.25, 0.3) is 0 Å². The first-order valence-corrected chi connectivity index (χ1v) is 10.4. The molecule has 1 aliphatic heterocycles. The summed E-state index contributed by atoms with van der Waals surface area (Å²) in [7, 11) is 0. The molecule has 2 heterocycles. The van der Waals surface area contributed by atoms with E-state index in [-0.39, 0.29) is 17.6 Å². The van der Waals surface area contributed by atoms with Gasteiger partial charge in [-0.15, -0.1) is 0 Å². The Kier molecular flexibility index (Phi) is 5.22. The second-order valence-corrected chi connectivity index (χ2v) is 8.09. The lowest BCUT2D eigenvalue weighted by Crippen LogP contribution is -2.33. The molecule has 0 radical (unpaired) electrons. The molecule has 3 aromatic rings. The number of carbonyl (C=O) groups is 2. The van der Waals surface area contributed by atoms with E-state index in [1.165, 1.54) is 16.7 Å². The van der Waals surface area contributed by atoms with E-state index >= 15 is 0 Å². The molecule has 7 heteroatoms. The highest BCUT2D eigenvalue weighted by atomic mass is 79.9. The molecule has 2 aromatic carbocycles. The van der Waals surface area contributed by atoms with Gasteiger partial charge in [-0.25, -0.2) is 9.97 Å².